The lowest BCUT2D eigenvalue weighted by atomic mass is 10.00. The SMILES string of the molecule is CCC(C)CCCCCCC=C(C)C(=O)O. The molecule has 0 radical (unpaired) electrons. The zero-order valence-corrected chi connectivity index (χ0v) is 11.0. The normalized spacial score (nSPS) is 13.8. The van der Waals surface area contributed by atoms with Gasteiger partial charge in [-0.25, -0.2) is 4.79 Å². The fourth-order valence-electron chi connectivity index (χ4n) is 1.60. The molecule has 0 heterocycles. The third kappa shape index (κ3) is 8.51. The van der Waals surface area contributed by atoms with E-state index in [9.17, 15) is 4.79 Å². The summed E-state index contributed by atoms with van der Waals surface area (Å²) in [6, 6.07) is 0. The van der Waals surface area contributed by atoms with Gasteiger partial charge in [-0.1, -0.05) is 52.0 Å². The van der Waals surface area contributed by atoms with Gasteiger partial charge in [0.2, 0.25) is 0 Å². The molecule has 0 amide bonds. The van der Waals surface area contributed by atoms with E-state index in [0.29, 0.717) is 5.57 Å². The Bertz CT molecular complexity index is 219. The first-order valence-electron chi connectivity index (χ1n) is 6.48. The van der Waals surface area contributed by atoms with Crippen molar-refractivity contribution < 1.29 is 9.90 Å². The van der Waals surface area contributed by atoms with E-state index in [4.69, 9.17) is 5.11 Å². The van der Waals surface area contributed by atoms with Crippen LogP contribution in [0.15, 0.2) is 11.6 Å². The Morgan fingerprint density at radius 2 is 1.88 bits per heavy atom. The summed E-state index contributed by atoms with van der Waals surface area (Å²) in [6.45, 7) is 6.20. The van der Waals surface area contributed by atoms with Gasteiger partial charge in [-0.3, -0.25) is 0 Å². The molecule has 1 unspecified atom stereocenters. The highest BCUT2D eigenvalue weighted by Gasteiger charge is 1.99. The molecular formula is C14H26O2. The van der Waals surface area contributed by atoms with Crippen LogP contribution in [-0.2, 0) is 4.79 Å². The van der Waals surface area contributed by atoms with Gasteiger partial charge in [-0.2, -0.15) is 0 Å². The minimum Gasteiger partial charge on any atom is -0.478 e. The van der Waals surface area contributed by atoms with Crippen LogP contribution in [0.2, 0.25) is 0 Å². The summed E-state index contributed by atoms with van der Waals surface area (Å²) in [7, 11) is 0. The van der Waals surface area contributed by atoms with Crippen LogP contribution in [0.3, 0.4) is 0 Å². The third-order valence-electron chi connectivity index (χ3n) is 3.14. The van der Waals surface area contributed by atoms with E-state index < -0.39 is 5.97 Å². The van der Waals surface area contributed by atoms with Gasteiger partial charge in [0.1, 0.15) is 0 Å². The highest BCUT2D eigenvalue weighted by atomic mass is 16.4. The summed E-state index contributed by atoms with van der Waals surface area (Å²) < 4.78 is 0. The quantitative estimate of drug-likeness (QED) is 0.467. The fourth-order valence-corrected chi connectivity index (χ4v) is 1.60. The minimum absolute atomic E-state index is 0.472. The van der Waals surface area contributed by atoms with Gasteiger partial charge >= 0.3 is 5.97 Å². The Morgan fingerprint density at radius 3 is 2.44 bits per heavy atom. The number of unbranched alkanes of at least 4 members (excludes halogenated alkanes) is 4. The van der Waals surface area contributed by atoms with Crippen LogP contribution in [0.5, 0.6) is 0 Å². The largest absolute Gasteiger partial charge is 0.478 e. The number of hydrogen-bond acceptors (Lipinski definition) is 1. The van der Waals surface area contributed by atoms with Crippen molar-refractivity contribution in [2.24, 2.45) is 5.92 Å². The van der Waals surface area contributed by atoms with Crippen molar-refractivity contribution in [1.29, 1.82) is 0 Å². The molecule has 0 rings (SSSR count). The number of carboxylic acids is 1. The lowest BCUT2D eigenvalue weighted by Gasteiger charge is -2.06. The summed E-state index contributed by atoms with van der Waals surface area (Å²) in [5.74, 6) is 0.0610. The van der Waals surface area contributed by atoms with Gasteiger partial charge in [-0.05, 0) is 25.7 Å². The minimum atomic E-state index is -0.795. The van der Waals surface area contributed by atoms with Crippen molar-refractivity contribution in [3.05, 3.63) is 11.6 Å². The van der Waals surface area contributed by atoms with Crippen molar-refractivity contribution in [3.8, 4) is 0 Å². The molecule has 0 aliphatic rings. The molecule has 0 saturated heterocycles. The Hall–Kier alpha value is -0.790. The number of hydrogen-bond donors (Lipinski definition) is 1. The zero-order valence-electron chi connectivity index (χ0n) is 11.0. The number of carbonyl (C=O) groups is 1. The van der Waals surface area contributed by atoms with E-state index in [1.165, 1.54) is 32.1 Å². The average Bonchev–Trinajstić information content (AvgIpc) is 2.26. The smallest absolute Gasteiger partial charge is 0.330 e. The molecule has 0 spiro atoms. The first-order chi connectivity index (χ1) is 7.57. The zero-order chi connectivity index (χ0) is 12.4. The van der Waals surface area contributed by atoms with Crippen LogP contribution in [-0.4, -0.2) is 11.1 Å². The Balaban J connectivity index is 3.34. The van der Waals surface area contributed by atoms with Gasteiger partial charge in [0.25, 0.3) is 0 Å². The van der Waals surface area contributed by atoms with Gasteiger partial charge < -0.3 is 5.11 Å². The maximum absolute atomic E-state index is 10.5. The molecule has 2 nitrogen and oxygen atoms in total. The standard InChI is InChI=1S/C14H26O2/c1-4-12(2)10-8-6-5-7-9-11-13(3)14(15)16/h11-12H,4-10H2,1-3H3,(H,15,16). The second-order valence-electron chi connectivity index (χ2n) is 4.70. The summed E-state index contributed by atoms with van der Waals surface area (Å²) in [5.41, 5.74) is 0.472. The number of aliphatic carboxylic acids is 1. The van der Waals surface area contributed by atoms with E-state index >= 15 is 0 Å². The topological polar surface area (TPSA) is 37.3 Å². The van der Waals surface area contributed by atoms with E-state index in [1.807, 2.05) is 6.08 Å². The summed E-state index contributed by atoms with van der Waals surface area (Å²) >= 11 is 0. The summed E-state index contributed by atoms with van der Waals surface area (Å²) in [6.07, 6.45) is 10.3. The molecule has 0 aliphatic carbocycles. The molecule has 2 heteroatoms. The maximum atomic E-state index is 10.5. The highest BCUT2D eigenvalue weighted by molar-refractivity contribution is 5.85. The maximum Gasteiger partial charge on any atom is 0.330 e. The number of carboxylic acid groups (broad SMARTS) is 1. The molecule has 0 bridgehead atoms. The lowest BCUT2D eigenvalue weighted by Crippen LogP contribution is -1.95. The van der Waals surface area contributed by atoms with Crippen LogP contribution in [0.1, 0.15) is 65.7 Å². The van der Waals surface area contributed by atoms with Crippen LogP contribution >= 0.6 is 0 Å². The fraction of sp³-hybridized carbons (Fsp3) is 0.786. The van der Waals surface area contributed by atoms with Gasteiger partial charge in [0.05, 0.1) is 0 Å². The first-order valence-corrected chi connectivity index (χ1v) is 6.48. The molecule has 1 atom stereocenters. The third-order valence-corrected chi connectivity index (χ3v) is 3.14. The van der Waals surface area contributed by atoms with Gasteiger partial charge in [0.15, 0.2) is 0 Å². The average molecular weight is 226 g/mol. The number of rotatable bonds is 9. The van der Waals surface area contributed by atoms with Crippen molar-refractivity contribution >= 4 is 5.97 Å². The van der Waals surface area contributed by atoms with Crippen molar-refractivity contribution in [2.75, 3.05) is 0 Å². The summed E-state index contributed by atoms with van der Waals surface area (Å²) in [4.78, 5) is 10.5. The molecule has 94 valence electrons. The Morgan fingerprint density at radius 1 is 1.25 bits per heavy atom. The first kappa shape index (κ1) is 15.2. The number of allylic oxidation sites excluding steroid dienone is 1. The van der Waals surface area contributed by atoms with Crippen LogP contribution in [0.25, 0.3) is 0 Å². The monoisotopic (exact) mass is 226 g/mol. The van der Waals surface area contributed by atoms with E-state index in [1.54, 1.807) is 6.92 Å². The van der Waals surface area contributed by atoms with Crippen molar-refractivity contribution in [3.63, 3.8) is 0 Å². The molecule has 0 fully saturated rings. The highest BCUT2D eigenvalue weighted by Crippen LogP contribution is 2.13. The molecule has 16 heavy (non-hydrogen) atoms. The molecule has 0 aliphatic heterocycles. The lowest BCUT2D eigenvalue weighted by molar-refractivity contribution is -0.132. The Labute approximate surface area is 99.7 Å². The van der Waals surface area contributed by atoms with Gasteiger partial charge in [-0.15, -0.1) is 0 Å². The Kier molecular flexibility index (Phi) is 8.97. The second-order valence-corrected chi connectivity index (χ2v) is 4.70. The van der Waals surface area contributed by atoms with Crippen molar-refractivity contribution in [2.45, 2.75) is 65.7 Å². The molecule has 1 N–H and O–H groups in total. The predicted molar refractivity (Wildman–Crippen MR) is 68.5 cm³/mol. The van der Waals surface area contributed by atoms with E-state index in [-0.39, 0.29) is 0 Å². The van der Waals surface area contributed by atoms with Crippen molar-refractivity contribution in [1.82, 2.24) is 0 Å². The van der Waals surface area contributed by atoms with E-state index in [2.05, 4.69) is 13.8 Å². The molecule has 0 aromatic rings. The second kappa shape index (κ2) is 9.44. The molecule has 0 saturated carbocycles. The van der Waals surface area contributed by atoms with E-state index in [0.717, 1.165) is 18.8 Å². The van der Waals surface area contributed by atoms with Crippen LogP contribution in [0, 0.1) is 5.92 Å². The molecular weight excluding hydrogens is 200 g/mol. The van der Waals surface area contributed by atoms with Gasteiger partial charge in [0, 0.05) is 5.57 Å². The predicted octanol–water partition coefficient (Wildman–Crippen LogP) is 4.40. The molecule has 0 aromatic heterocycles. The van der Waals surface area contributed by atoms with Crippen LogP contribution in [0.4, 0.5) is 0 Å². The molecule has 0 aromatic carbocycles. The van der Waals surface area contributed by atoms with Crippen LogP contribution < -0.4 is 0 Å². The summed E-state index contributed by atoms with van der Waals surface area (Å²) in [5, 5.41) is 8.64.